The number of benzene rings is 1. The highest BCUT2D eigenvalue weighted by Gasteiger charge is 2.22. The van der Waals surface area contributed by atoms with Crippen molar-refractivity contribution in [1.82, 2.24) is 5.32 Å². The highest BCUT2D eigenvalue weighted by atomic mass is 79.9. The largest absolute Gasteiger partial charge is 0.496 e. The molecule has 1 unspecified atom stereocenters. The first-order valence-electron chi connectivity index (χ1n) is 6.13. The standard InChI is InChI=1S/C14H20BrNO3/c1-9(2)13(14(17)19-4)16-8-10-5-6-12(18-3)11(15)7-10/h5-7,9,13,16H,8H2,1-4H3. The molecule has 1 aromatic rings. The summed E-state index contributed by atoms with van der Waals surface area (Å²) in [6.45, 7) is 4.57. The Morgan fingerprint density at radius 2 is 2.05 bits per heavy atom. The van der Waals surface area contributed by atoms with E-state index in [1.165, 1.54) is 7.11 Å². The lowest BCUT2D eigenvalue weighted by Gasteiger charge is -2.20. The third kappa shape index (κ3) is 4.51. The summed E-state index contributed by atoms with van der Waals surface area (Å²) in [4.78, 5) is 11.6. The Balaban J connectivity index is 2.69. The molecular formula is C14H20BrNO3. The molecule has 0 bridgehead atoms. The summed E-state index contributed by atoms with van der Waals surface area (Å²) < 4.78 is 10.9. The van der Waals surface area contributed by atoms with E-state index in [2.05, 4.69) is 21.2 Å². The van der Waals surface area contributed by atoms with Crippen molar-refractivity contribution in [2.45, 2.75) is 26.4 Å². The van der Waals surface area contributed by atoms with E-state index in [-0.39, 0.29) is 17.9 Å². The van der Waals surface area contributed by atoms with Crippen LogP contribution in [0.5, 0.6) is 5.75 Å². The highest BCUT2D eigenvalue weighted by molar-refractivity contribution is 9.10. The predicted molar refractivity (Wildman–Crippen MR) is 78.2 cm³/mol. The molecule has 0 aromatic heterocycles. The van der Waals surface area contributed by atoms with Gasteiger partial charge in [-0.25, -0.2) is 0 Å². The fraction of sp³-hybridized carbons (Fsp3) is 0.500. The van der Waals surface area contributed by atoms with Gasteiger partial charge >= 0.3 is 5.97 Å². The summed E-state index contributed by atoms with van der Waals surface area (Å²) in [6, 6.07) is 5.53. The lowest BCUT2D eigenvalue weighted by Crippen LogP contribution is -2.41. The van der Waals surface area contributed by atoms with E-state index in [1.807, 2.05) is 32.0 Å². The average Bonchev–Trinajstić information content (AvgIpc) is 2.38. The molecule has 1 atom stereocenters. The zero-order chi connectivity index (χ0) is 14.4. The molecule has 0 aliphatic carbocycles. The van der Waals surface area contributed by atoms with E-state index in [0.29, 0.717) is 6.54 Å². The van der Waals surface area contributed by atoms with Crippen LogP contribution in [0.4, 0.5) is 0 Å². The van der Waals surface area contributed by atoms with Crippen LogP contribution in [0.3, 0.4) is 0 Å². The second kappa shape index (κ2) is 7.50. The molecule has 19 heavy (non-hydrogen) atoms. The molecule has 0 amide bonds. The van der Waals surface area contributed by atoms with Crippen LogP contribution in [0.2, 0.25) is 0 Å². The highest BCUT2D eigenvalue weighted by Crippen LogP contribution is 2.25. The average molecular weight is 330 g/mol. The minimum absolute atomic E-state index is 0.175. The lowest BCUT2D eigenvalue weighted by molar-refractivity contribution is -0.144. The summed E-state index contributed by atoms with van der Waals surface area (Å²) in [7, 11) is 3.04. The molecule has 0 fully saturated rings. The lowest BCUT2D eigenvalue weighted by atomic mass is 10.0. The van der Waals surface area contributed by atoms with Gasteiger partial charge in [0.05, 0.1) is 18.7 Å². The van der Waals surface area contributed by atoms with Crippen molar-refractivity contribution in [3.63, 3.8) is 0 Å². The summed E-state index contributed by atoms with van der Waals surface area (Å²) in [5.74, 6) is 0.730. The van der Waals surface area contributed by atoms with E-state index in [1.54, 1.807) is 7.11 Å². The monoisotopic (exact) mass is 329 g/mol. The molecule has 0 saturated heterocycles. The second-order valence-corrected chi connectivity index (χ2v) is 5.45. The molecule has 0 radical (unpaired) electrons. The second-order valence-electron chi connectivity index (χ2n) is 4.59. The number of hydrogen-bond acceptors (Lipinski definition) is 4. The number of hydrogen-bond donors (Lipinski definition) is 1. The number of methoxy groups -OCH3 is 2. The number of rotatable bonds is 6. The van der Waals surface area contributed by atoms with Crippen LogP contribution in [-0.4, -0.2) is 26.2 Å². The molecule has 1 rings (SSSR count). The Morgan fingerprint density at radius 1 is 1.37 bits per heavy atom. The van der Waals surface area contributed by atoms with Gasteiger partial charge in [0.1, 0.15) is 11.8 Å². The minimum Gasteiger partial charge on any atom is -0.496 e. The quantitative estimate of drug-likeness (QED) is 0.815. The summed E-state index contributed by atoms with van der Waals surface area (Å²) in [5.41, 5.74) is 1.07. The van der Waals surface area contributed by atoms with Gasteiger partial charge in [0.15, 0.2) is 0 Å². The number of halogens is 1. The number of carbonyl (C=O) groups is 1. The van der Waals surface area contributed by atoms with Gasteiger partial charge in [0.2, 0.25) is 0 Å². The first-order valence-corrected chi connectivity index (χ1v) is 6.92. The fourth-order valence-corrected chi connectivity index (χ4v) is 2.35. The smallest absolute Gasteiger partial charge is 0.323 e. The van der Waals surface area contributed by atoms with Gasteiger partial charge in [-0.1, -0.05) is 19.9 Å². The third-order valence-corrected chi connectivity index (χ3v) is 3.48. The van der Waals surface area contributed by atoms with Crippen molar-refractivity contribution in [2.24, 2.45) is 5.92 Å². The number of nitrogens with one attached hydrogen (secondary N) is 1. The zero-order valence-electron chi connectivity index (χ0n) is 11.7. The molecule has 0 heterocycles. The Labute approximate surface area is 122 Å². The van der Waals surface area contributed by atoms with Gasteiger partial charge in [0, 0.05) is 6.54 Å². The SMILES string of the molecule is COC(=O)C(NCc1ccc(OC)c(Br)c1)C(C)C. The van der Waals surface area contributed by atoms with Crippen LogP contribution in [0.15, 0.2) is 22.7 Å². The molecule has 5 heteroatoms. The summed E-state index contributed by atoms with van der Waals surface area (Å²) in [6.07, 6.45) is 0. The van der Waals surface area contributed by atoms with Gasteiger partial charge in [-0.15, -0.1) is 0 Å². The Kier molecular flexibility index (Phi) is 6.31. The van der Waals surface area contributed by atoms with E-state index >= 15 is 0 Å². The molecule has 4 nitrogen and oxygen atoms in total. The maximum Gasteiger partial charge on any atom is 0.323 e. The van der Waals surface area contributed by atoms with Crippen LogP contribution >= 0.6 is 15.9 Å². The molecule has 1 N–H and O–H groups in total. The minimum atomic E-state index is -0.300. The van der Waals surface area contributed by atoms with Gasteiger partial charge in [-0.3, -0.25) is 4.79 Å². The topological polar surface area (TPSA) is 47.6 Å². The fourth-order valence-electron chi connectivity index (χ4n) is 1.77. The van der Waals surface area contributed by atoms with Crippen molar-refractivity contribution >= 4 is 21.9 Å². The molecule has 1 aromatic carbocycles. The molecule has 0 saturated carbocycles. The Bertz CT molecular complexity index is 435. The van der Waals surface area contributed by atoms with Crippen molar-refractivity contribution in [3.8, 4) is 5.75 Å². The molecule has 0 aliphatic heterocycles. The van der Waals surface area contributed by atoms with E-state index in [4.69, 9.17) is 9.47 Å². The van der Waals surface area contributed by atoms with Crippen molar-refractivity contribution in [1.29, 1.82) is 0 Å². The number of ether oxygens (including phenoxy) is 2. The van der Waals surface area contributed by atoms with Crippen LogP contribution in [-0.2, 0) is 16.1 Å². The van der Waals surface area contributed by atoms with Crippen molar-refractivity contribution in [3.05, 3.63) is 28.2 Å². The molecule has 106 valence electrons. The number of carbonyl (C=O) groups excluding carboxylic acids is 1. The maximum absolute atomic E-state index is 11.6. The van der Waals surface area contributed by atoms with Crippen LogP contribution < -0.4 is 10.1 Å². The van der Waals surface area contributed by atoms with E-state index < -0.39 is 0 Å². The van der Waals surface area contributed by atoms with Crippen LogP contribution in [0, 0.1) is 5.92 Å². The zero-order valence-corrected chi connectivity index (χ0v) is 13.3. The molecule has 0 aliphatic rings. The van der Waals surface area contributed by atoms with E-state index in [9.17, 15) is 4.79 Å². The number of esters is 1. The van der Waals surface area contributed by atoms with Gasteiger partial charge in [-0.2, -0.15) is 0 Å². The van der Waals surface area contributed by atoms with Crippen LogP contribution in [0.1, 0.15) is 19.4 Å². The normalized spacial score (nSPS) is 12.3. The van der Waals surface area contributed by atoms with Gasteiger partial charge < -0.3 is 14.8 Å². The Hall–Kier alpha value is -1.07. The Morgan fingerprint density at radius 3 is 2.53 bits per heavy atom. The predicted octanol–water partition coefficient (Wildman–Crippen LogP) is 2.74. The van der Waals surface area contributed by atoms with E-state index in [0.717, 1.165) is 15.8 Å². The first kappa shape index (κ1) is 16.0. The molecular weight excluding hydrogens is 310 g/mol. The van der Waals surface area contributed by atoms with Gasteiger partial charge in [0.25, 0.3) is 0 Å². The third-order valence-electron chi connectivity index (χ3n) is 2.86. The van der Waals surface area contributed by atoms with Crippen molar-refractivity contribution < 1.29 is 14.3 Å². The first-order chi connectivity index (χ1) is 8.99. The van der Waals surface area contributed by atoms with Gasteiger partial charge in [-0.05, 0) is 39.5 Å². The summed E-state index contributed by atoms with van der Waals surface area (Å²) in [5, 5.41) is 3.21. The van der Waals surface area contributed by atoms with Crippen LogP contribution in [0.25, 0.3) is 0 Å². The summed E-state index contributed by atoms with van der Waals surface area (Å²) >= 11 is 3.44. The molecule has 0 spiro atoms. The maximum atomic E-state index is 11.6. The van der Waals surface area contributed by atoms with Crippen molar-refractivity contribution in [2.75, 3.05) is 14.2 Å².